The molecule has 3 N–H and O–H groups in total. The number of hydrogen-bond donors (Lipinski definition) is 2. The van der Waals surface area contributed by atoms with E-state index in [1.165, 1.54) is 34.4 Å². The van der Waals surface area contributed by atoms with Crippen LogP contribution >= 0.6 is 22.9 Å². The van der Waals surface area contributed by atoms with Crippen LogP contribution in [0.4, 0.5) is 8.78 Å². The number of carboxylic acid groups (broad SMARTS) is 1. The topological polar surface area (TPSA) is 106 Å². The number of carbonyl (C=O) groups is 2. The summed E-state index contributed by atoms with van der Waals surface area (Å²) in [6.07, 6.45) is 2.32. The maximum Gasteiger partial charge on any atom is 0.331 e. The lowest BCUT2D eigenvalue weighted by Gasteiger charge is -2.38. The molecule has 11 heteroatoms. The molecule has 7 nitrogen and oxygen atoms in total. The fourth-order valence-electron chi connectivity index (χ4n) is 5.20. The second-order valence-electron chi connectivity index (χ2n) is 9.90. The summed E-state index contributed by atoms with van der Waals surface area (Å²) in [5.41, 5.74) is 7.87. The Labute approximate surface area is 227 Å². The van der Waals surface area contributed by atoms with Gasteiger partial charge in [0.2, 0.25) is 5.78 Å². The van der Waals surface area contributed by atoms with Gasteiger partial charge in [-0.05, 0) is 68.4 Å². The molecule has 0 radical (unpaired) electrons. The average molecular weight is 564 g/mol. The van der Waals surface area contributed by atoms with Crippen LogP contribution in [0.5, 0.6) is 0 Å². The SMILES string of the molecule is N[C@H](C(=O)C(F)(O[C@H]1CC[C@H](C(=O)O)CC1)N1CCCC1)c1ccc(-c2nc3ccc(F)cc3s2)c(Cl)c1. The molecule has 2 aliphatic rings. The quantitative estimate of drug-likeness (QED) is 0.338. The molecule has 2 aromatic carbocycles. The van der Waals surface area contributed by atoms with Crippen molar-refractivity contribution in [2.75, 3.05) is 13.1 Å². The highest BCUT2D eigenvalue weighted by Crippen LogP contribution is 2.38. The zero-order valence-corrected chi connectivity index (χ0v) is 22.1. The Morgan fingerprint density at radius 1 is 1.16 bits per heavy atom. The van der Waals surface area contributed by atoms with E-state index in [1.54, 1.807) is 18.2 Å². The van der Waals surface area contributed by atoms with Crippen LogP contribution in [0.2, 0.25) is 5.02 Å². The van der Waals surface area contributed by atoms with Gasteiger partial charge in [-0.25, -0.2) is 14.3 Å². The number of carboxylic acids is 1. The molecule has 1 aliphatic heterocycles. The summed E-state index contributed by atoms with van der Waals surface area (Å²) in [5, 5.41) is 10.1. The van der Waals surface area contributed by atoms with Crippen molar-refractivity contribution in [1.82, 2.24) is 9.88 Å². The van der Waals surface area contributed by atoms with E-state index in [-0.39, 0.29) is 10.8 Å². The first-order valence-electron chi connectivity index (χ1n) is 12.7. The lowest BCUT2D eigenvalue weighted by atomic mass is 9.87. The molecule has 1 saturated heterocycles. The van der Waals surface area contributed by atoms with E-state index >= 15 is 4.39 Å². The Morgan fingerprint density at radius 2 is 1.87 bits per heavy atom. The van der Waals surface area contributed by atoms with Crippen molar-refractivity contribution in [2.24, 2.45) is 11.7 Å². The molecule has 5 rings (SSSR count). The molecule has 2 atom stereocenters. The minimum Gasteiger partial charge on any atom is -0.481 e. The first-order chi connectivity index (χ1) is 18.2. The Bertz CT molecular complexity index is 1360. The molecular formula is C27H28ClF2N3O4S. The van der Waals surface area contributed by atoms with Gasteiger partial charge in [-0.1, -0.05) is 23.7 Å². The lowest BCUT2D eigenvalue weighted by Crippen LogP contribution is -2.56. The van der Waals surface area contributed by atoms with Gasteiger partial charge in [0.05, 0.1) is 33.3 Å². The number of nitrogens with two attached hydrogens (primary N) is 1. The van der Waals surface area contributed by atoms with Crippen molar-refractivity contribution in [3.05, 3.63) is 52.8 Å². The molecule has 0 spiro atoms. The zero-order valence-electron chi connectivity index (χ0n) is 20.5. The average Bonchev–Trinajstić information content (AvgIpc) is 3.58. The zero-order chi connectivity index (χ0) is 27.0. The lowest BCUT2D eigenvalue weighted by molar-refractivity contribution is -0.253. The van der Waals surface area contributed by atoms with Crippen molar-refractivity contribution in [2.45, 2.75) is 56.6 Å². The molecule has 2 fully saturated rings. The third-order valence-corrected chi connectivity index (χ3v) is 8.74. The predicted octanol–water partition coefficient (Wildman–Crippen LogP) is 5.70. The van der Waals surface area contributed by atoms with Crippen LogP contribution in [0.3, 0.4) is 0 Å². The van der Waals surface area contributed by atoms with E-state index in [2.05, 4.69) is 4.98 Å². The second-order valence-corrected chi connectivity index (χ2v) is 11.3. The molecule has 38 heavy (non-hydrogen) atoms. The minimum atomic E-state index is -2.72. The number of alkyl halides is 1. The number of hydrogen-bond acceptors (Lipinski definition) is 7. The van der Waals surface area contributed by atoms with Gasteiger partial charge < -0.3 is 15.6 Å². The van der Waals surface area contributed by atoms with Crippen LogP contribution in [0.15, 0.2) is 36.4 Å². The number of rotatable bonds is 8. The smallest absolute Gasteiger partial charge is 0.331 e. The van der Waals surface area contributed by atoms with Crippen molar-refractivity contribution < 1.29 is 28.2 Å². The van der Waals surface area contributed by atoms with Gasteiger partial charge in [0.25, 0.3) is 0 Å². The third-order valence-electron chi connectivity index (χ3n) is 7.38. The van der Waals surface area contributed by atoms with Crippen molar-refractivity contribution in [3.63, 3.8) is 0 Å². The molecule has 202 valence electrons. The fourth-order valence-corrected chi connectivity index (χ4v) is 6.56. The van der Waals surface area contributed by atoms with Gasteiger partial charge in [-0.2, -0.15) is 4.39 Å². The summed E-state index contributed by atoms with van der Waals surface area (Å²) in [7, 11) is 0. The maximum atomic E-state index is 16.5. The Kier molecular flexibility index (Phi) is 7.79. The highest BCUT2D eigenvalue weighted by Gasteiger charge is 2.51. The van der Waals surface area contributed by atoms with Crippen LogP contribution in [0.1, 0.15) is 50.1 Å². The minimum absolute atomic E-state index is 0.281. The van der Waals surface area contributed by atoms with Gasteiger partial charge in [0, 0.05) is 18.7 Å². The summed E-state index contributed by atoms with van der Waals surface area (Å²) in [4.78, 5) is 30.7. The summed E-state index contributed by atoms with van der Waals surface area (Å²) >= 11 is 7.83. The van der Waals surface area contributed by atoms with E-state index in [1.807, 2.05) is 0 Å². The molecule has 1 aromatic heterocycles. The number of ether oxygens (including phenoxy) is 1. The van der Waals surface area contributed by atoms with Crippen LogP contribution in [-0.4, -0.2) is 51.9 Å². The Morgan fingerprint density at radius 3 is 2.53 bits per heavy atom. The number of likely N-dealkylation sites (tertiary alicyclic amines) is 1. The third kappa shape index (κ3) is 5.33. The van der Waals surface area contributed by atoms with Crippen LogP contribution < -0.4 is 5.73 Å². The summed E-state index contributed by atoms with van der Waals surface area (Å²) in [6.45, 7) is 0.717. The standard InChI is InChI=1S/C27H28ClF2N3O4S/c28-20-13-16(5-9-19(20)25-32-21-10-6-17(29)14-22(21)38-25)23(31)24(34)27(30,33-11-1-2-12-33)37-18-7-3-15(4-8-18)26(35)36/h5-6,9-10,13-15,18,23H,1-4,7-8,11-12,31H2,(H,35,36)/t15-,18-,23-,27?/m0/s1. The van der Waals surface area contributed by atoms with E-state index in [0.717, 1.165) is 12.8 Å². The molecule has 0 bridgehead atoms. The van der Waals surface area contributed by atoms with Gasteiger partial charge >= 0.3 is 11.9 Å². The first kappa shape index (κ1) is 27.1. The number of aliphatic carboxylic acids is 1. The number of ketones is 1. The normalized spacial score (nSPS) is 22.8. The Balaban J connectivity index is 1.37. The molecule has 1 saturated carbocycles. The van der Waals surface area contributed by atoms with Crippen LogP contribution in [0.25, 0.3) is 20.8 Å². The molecule has 3 aromatic rings. The number of nitrogens with zero attached hydrogens (tertiary/aromatic N) is 2. The molecule has 1 unspecified atom stereocenters. The van der Waals surface area contributed by atoms with E-state index in [4.69, 9.17) is 22.1 Å². The number of aromatic nitrogens is 1. The van der Waals surface area contributed by atoms with Crippen molar-refractivity contribution in [1.29, 1.82) is 0 Å². The van der Waals surface area contributed by atoms with E-state index < -0.39 is 35.8 Å². The van der Waals surface area contributed by atoms with E-state index in [9.17, 15) is 19.1 Å². The number of fused-ring (bicyclic) bond motifs is 1. The number of Topliss-reactive ketones (excluding diaryl/α,β-unsaturated/α-hetero) is 1. The monoisotopic (exact) mass is 563 g/mol. The van der Waals surface area contributed by atoms with Crippen molar-refractivity contribution >= 4 is 44.9 Å². The van der Waals surface area contributed by atoms with Gasteiger partial charge in [0.15, 0.2) is 0 Å². The van der Waals surface area contributed by atoms with Crippen molar-refractivity contribution in [3.8, 4) is 10.6 Å². The first-order valence-corrected chi connectivity index (χ1v) is 13.9. The Hall–Kier alpha value is -2.50. The second kappa shape index (κ2) is 10.9. The fraction of sp³-hybridized carbons (Fsp3) is 0.444. The summed E-state index contributed by atoms with van der Waals surface area (Å²) < 4.78 is 36.6. The number of benzene rings is 2. The van der Waals surface area contributed by atoms with Crippen LogP contribution in [-0.2, 0) is 14.3 Å². The highest BCUT2D eigenvalue weighted by molar-refractivity contribution is 7.21. The summed E-state index contributed by atoms with van der Waals surface area (Å²) in [6, 6.07) is 7.79. The number of thiazole rings is 1. The summed E-state index contributed by atoms with van der Waals surface area (Å²) in [5.74, 6) is -5.35. The largest absolute Gasteiger partial charge is 0.481 e. The highest BCUT2D eigenvalue weighted by atomic mass is 35.5. The molecule has 2 heterocycles. The van der Waals surface area contributed by atoms with Gasteiger partial charge in [-0.15, -0.1) is 11.3 Å². The predicted molar refractivity (Wildman–Crippen MR) is 141 cm³/mol. The number of halogens is 3. The molecule has 0 amide bonds. The van der Waals surface area contributed by atoms with Gasteiger partial charge in [-0.3, -0.25) is 9.59 Å². The van der Waals surface area contributed by atoms with Gasteiger partial charge in [0.1, 0.15) is 10.8 Å². The molecule has 1 aliphatic carbocycles. The molecular weight excluding hydrogens is 536 g/mol. The maximum absolute atomic E-state index is 16.5. The van der Waals surface area contributed by atoms with Crippen LogP contribution in [0, 0.1) is 11.7 Å². The van der Waals surface area contributed by atoms with E-state index in [0.29, 0.717) is 65.1 Å². The number of carbonyl (C=O) groups excluding carboxylic acids is 1.